The van der Waals surface area contributed by atoms with Crippen molar-refractivity contribution in [3.63, 3.8) is 0 Å². The molecule has 0 aliphatic carbocycles. The average Bonchev–Trinajstić information content (AvgIpc) is 1.62. The summed E-state index contributed by atoms with van der Waals surface area (Å²) in [4.78, 5) is 182. The van der Waals surface area contributed by atoms with E-state index in [1.54, 1.807) is 111 Å². The molecule has 43 nitrogen and oxygen atoms in total. The number of anilines is 3. The van der Waals surface area contributed by atoms with Gasteiger partial charge in [-0.2, -0.15) is 23.7 Å². The van der Waals surface area contributed by atoms with E-state index in [0.717, 1.165) is 71.2 Å². The summed E-state index contributed by atoms with van der Waals surface area (Å²) in [5, 5.41) is 36.8. The number of aromatic nitrogens is 8. The fraction of sp³-hybridized carbons (Fsp3) is 0.537. The first-order valence-electron chi connectivity index (χ1n) is 46.2. The predicted molar refractivity (Wildman–Crippen MR) is 505 cm³/mol. The summed E-state index contributed by atoms with van der Waals surface area (Å²) in [6.07, 6.45) is -2.40. The summed E-state index contributed by atoms with van der Waals surface area (Å²) in [6.45, 7) is 23.8. The number of rotatable bonds is 37. The Kier molecular flexibility index (Phi) is 43.4. The molecule has 0 bridgehead atoms. The Labute approximate surface area is 824 Å². The minimum absolute atomic E-state index is 0.0400. The van der Waals surface area contributed by atoms with E-state index in [0.29, 0.717) is 89.4 Å². The van der Waals surface area contributed by atoms with Crippen LogP contribution in [0, 0.1) is 11.8 Å². The molecular formula is C95H127F6N17O26. The molecule has 0 saturated carbocycles. The first-order valence-corrected chi connectivity index (χ1v) is 46.2. The van der Waals surface area contributed by atoms with Crippen LogP contribution in [0.5, 0.6) is 0 Å². The lowest BCUT2D eigenvalue weighted by Crippen LogP contribution is -2.42. The van der Waals surface area contributed by atoms with E-state index in [4.69, 9.17) is 63.9 Å². The highest BCUT2D eigenvalue weighted by molar-refractivity contribution is 5.91. The van der Waals surface area contributed by atoms with Crippen LogP contribution in [0.1, 0.15) is 240 Å². The quantitative estimate of drug-likeness (QED) is 0.00745. The topological polar surface area (TPSA) is 579 Å². The SMILES string of the molecule is CC(C)(C)OC(=O)c1ccc(CNC(=O)CCCCCN)cc1.C[C@H]1[C@@H](COC(=O)NCCCCCC(=O)NCc2ccc(C(=O)OC(C)(C)C)cc2)O[C@@H](n2ccc(NC(=O)OC(C)(C)C)nc2=O)C1(F)F.C[C@H]1[C@@H](COC(=O)n2ccnc2)O[C@@H](n2ccc(NC(=O)OC(C)(C)C)nc2=O)C1(F)F.Nc1ccn([C@@H]2O[C@H](COC(=O)NCCCCCC(=O)NCc3ccc(C(=O)O)cc3)[C@H](O)C2(F)F)c(=O)n1. The minimum atomic E-state index is -3.86. The average molecular weight is 2040 g/mol. The van der Waals surface area contributed by atoms with Crippen molar-refractivity contribution in [2.24, 2.45) is 17.6 Å². The summed E-state index contributed by atoms with van der Waals surface area (Å²) in [5.41, 5.74) is 8.51. The molecule has 9 atom stereocenters. The molecular weight excluding hydrogens is 1910 g/mol. The van der Waals surface area contributed by atoms with Crippen molar-refractivity contribution in [3.05, 3.63) is 193 Å². The van der Waals surface area contributed by atoms with Gasteiger partial charge in [-0.05, 0) is 199 Å². The third kappa shape index (κ3) is 38.4. The molecule has 3 saturated heterocycles. The number of ether oxygens (including phenoxy) is 10. The first-order chi connectivity index (χ1) is 67.4. The van der Waals surface area contributed by atoms with Gasteiger partial charge in [-0.3, -0.25) is 38.7 Å². The van der Waals surface area contributed by atoms with Gasteiger partial charge in [0.05, 0.1) is 28.5 Å². The molecule has 3 aromatic carbocycles. The van der Waals surface area contributed by atoms with E-state index in [1.807, 2.05) is 32.9 Å². The number of aliphatic hydroxyl groups excluding tert-OH is 1. The number of hydrogen-bond donors (Lipinski definition) is 11. The summed E-state index contributed by atoms with van der Waals surface area (Å²) < 4.78 is 143. The number of nitrogens with zero attached hydrogens (tertiary/aromatic N) is 8. The number of carboxylic acids is 1. The van der Waals surface area contributed by atoms with Crippen molar-refractivity contribution in [3.8, 4) is 0 Å². The van der Waals surface area contributed by atoms with Crippen LogP contribution in [0.15, 0.2) is 143 Å². The fourth-order valence-electron chi connectivity index (χ4n) is 13.4. The van der Waals surface area contributed by atoms with Gasteiger partial charge in [-0.1, -0.05) is 69.5 Å². The molecule has 0 spiro atoms. The Balaban J connectivity index is 0.000000269. The number of amides is 7. The predicted octanol–water partition coefficient (Wildman–Crippen LogP) is 11.8. The third-order valence-corrected chi connectivity index (χ3v) is 21.0. The van der Waals surface area contributed by atoms with Crippen LogP contribution in [0.2, 0.25) is 0 Å². The number of aliphatic hydroxyl groups is 1. The molecule has 7 heterocycles. The van der Waals surface area contributed by atoms with Crippen LogP contribution >= 0.6 is 0 Å². The number of unbranched alkanes of at least 4 members (excludes halogenated alkanes) is 6. The van der Waals surface area contributed by atoms with Gasteiger partial charge in [0.1, 0.15) is 84.3 Å². The fourth-order valence-corrected chi connectivity index (χ4v) is 13.4. The van der Waals surface area contributed by atoms with E-state index in [-0.39, 0.29) is 79.2 Å². The monoisotopic (exact) mass is 2040 g/mol. The van der Waals surface area contributed by atoms with Crippen molar-refractivity contribution in [1.29, 1.82) is 0 Å². The Morgan fingerprint density at radius 1 is 0.424 bits per heavy atom. The molecule has 0 radical (unpaired) electrons. The highest BCUT2D eigenvalue weighted by Gasteiger charge is 2.61. The molecule has 10 rings (SSSR count). The van der Waals surface area contributed by atoms with E-state index in [1.165, 1.54) is 50.8 Å². The lowest BCUT2D eigenvalue weighted by Gasteiger charge is -2.22. The van der Waals surface area contributed by atoms with Gasteiger partial charge in [0, 0.05) is 83.0 Å². The van der Waals surface area contributed by atoms with Crippen molar-refractivity contribution in [1.82, 2.24) is 64.8 Å². The maximum absolute atomic E-state index is 15.1. The minimum Gasteiger partial charge on any atom is -0.478 e. The van der Waals surface area contributed by atoms with Gasteiger partial charge in [0.25, 0.3) is 11.8 Å². The normalized spacial score (nSPS) is 18.6. The highest BCUT2D eigenvalue weighted by atomic mass is 19.3. The molecule has 0 unspecified atom stereocenters. The van der Waals surface area contributed by atoms with Gasteiger partial charge in [0.15, 0.2) is 6.10 Å². The molecule has 144 heavy (non-hydrogen) atoms. The Bertz CT molecular complexity index is 5640. The number of alkyl carbamates (subject to hydrolysis) is 2. The molecule has 13 N–H and O–H groups in total. The number of halogens is 6. The molecule has 49 heteroatoms. The number of benzene rings is 3. The number of hydrogen-bond acceptors (Lipinski definition) is 31. The van der Waals surface area contributed by atoms with E-state index in [2.05, 4.69) is 57.2 Å². The Morgan fingerprint density at radius 2 is 0.771 bits per heavy atom. The third-order valence-electron chi connectivity index (χ3n) is 21.0. The van der Waals surface area contributed by atoms with Crippen LogP contribution in [0.4, 0.5) is 67.8 Å². The number of carbonyl (C=O) groups excluding carboxylic acids is 10. The lowest BCUT2D eigenvalue weighted by molar-refractivity contribution is -0.141. The molecule has 3 aliphatic rings. The molecule has 7 amide bonds. The summed E-state index contributed by atoms with van der Waals surface area (Å²) in [5.74, 6) is -16.2. The van der Waals surface area contributed by atoms with Gasteiger partial charge in [0.2, 0.25) is 36.4 Å². The van der Waals surface area contributed by atoms with Crippen LogP contribution in [-0.4, -0.2) is 219 Å². The molecule has 7 aromatic rings. The zero-order valence-electron chi connectivity index (χ0n) is 82.4. The van der Waals surface area contributed by atoms with Crippen LogP contribution in [0.25, 0.3) is 0 Å². The number of nitrogens with two attached hydrogens (primary N) is 2. The Hall–Kier alpha value is -13.9. The second-order valence-electron chi connectivity index (χ2n) is 37.5. The first kappa shape index (κ1) is 117. The lowest BCUT2D eigenvalue weighted by atomic mass is 10.00. The van der Waals surface area contributed by atoms with Crippen molar-refractivity contribution in [2.45, 2.75) is 277 Å². The number of carbonyl (C=O) groups is 11. The molecule has 3 aliphatic heterocycles. The van der Waals surface area contributed by atoms with Crippen molar-refractivity contribution >= 4 is 83.5 Å². The van der Waals surface area contributed by atoms with Gasteiger partial charge < -0.3 is 95.6 Å². The van der Waals surface area contributed by atoms with E-state index < -0.39 is 174 Å². The number of aromatic carboxylic acids is 1. The molecule has 3 fully saturated rings. The van der Waals surface area contributed by atoms with Crippen LogP contribution < -0.4 is 65.8 Å². The van der Waals surface area contributed by atoms with Crippen LogP contribution in [0.3, 0.4) is 0 Å². The highest BCUT2D eigenvalue weighted by Crippen LogP contribution is 2.48. The van der Waals surface area contributed by atoms with Gasteiger partial charge in [-0.25, -0.2) is 79.9 Å². The van der Waals surface area contributed by atoms with Crippen LogP contribution in [-0.2, 0) is 81.4 Å². The maximum Gasteiger partial charge on any atom is 0.419 e. The zero-order chi connectivity index (χ0) is 107. The largest absolute Gasteiger partial charge is 0.478 e. The zero-order valence-corrected chi connectivity index (χ0v) is 82.4. The van der Waals surface area contributed by atoms with E-state index in [9.17, 15) is 89.8 Å². The van der Waals surface area contributed by atoms with Gasteiger partial charge in [-0.15, -0.1) is 0 Å². The number of carboxylic acid groups (broad SMARTS) is 1. The Morgan fingerprint density at radius 3 is 1.12 bits per heavy atom. The van der Waals surface area contributed by atoms with Gasteiger partial charge >= 0.3 is 71.4 Å². The number of imidazole rings is 1. The standard InChI is InChI=1S/C34H47F2N5O9.C24H29F2N5O8.C19H23F2N5O6.C18H28N2O3/c1-21-24(48-28(34(21,35)36)41-18-16-25(39-29(41)44)40-31(46)50-33(5,6)7)20-47-30(45)37-17-10-8-9-11-26(42)38-19-22-12-14-23(15-13-22)27(43)49-32(2,3)4;25-24(26)19(33)16(39-21(24)31-11-9-17(27)30-22(31)36)13-38-23(37)28-10-3-1-2-4-18(32)29-12-14-5-7-15(8-6-14)20(34)35;1-11-12(9-30-17(29)25-8-6-22-10-25)31-14(19(11,20)21)26-7-5-13(23-15(26)27)24-16(28)32-18(2,3)4;1-18(2,3)23-17(22)15-10-8-14(9-11-15)13-20-16(21)7-5-4-6-12-19/h12-16,18,21,24,28H,8-11,17,19-20H2,1-7H3,(H,37,45)(H,38,42)(H,39,40,44,46);5-9,11,16,19,21,33H,1-4,10,12-13H2,(H,28,37)(H,29,32)(H,34,35)(H2,27,30,36);5-8,10-12,14H,9H2,1-4H3,(H,23,24,27,28);8-11H,4-7,12-13,19H2,1-3H3,(H,20,21)/t21-,24+,28+;16-,19+,21-;11-,12+,14+;/m010./s1. The number of alkyl halides is 6. The van der Waals surface area contributed by atoms with E-state index >= 15 is 8.78 Å². The second kappa shape index (κ2) is 53.4. The number of nitrogen functional groups attached to an aromatic ring is 1. The number of nitrogens with one attached hydrogen (secondary N) is 7. The maximum atomic E-state index is 15.1. The van der Waals surface area contributed by atoms with Crippen molar-refractivity contribution in [2.75, 3.05) is 55.8 Å². The molecule has 790 valence electrons. The summed E-state index contributed by atoms with van der Waals surface area (Å²) in [6, 6.07) is 23.5. The summed E-state index contributed by atoms with van der Waals surface area (Å²) in [7, 11) is 0. The molecule has 4 aromatic heterocycles. The number of esters is 2. The second-order valence-corrected chi connectivity index (χ2v) is 37.5. The summed E-state index contributed by atoms with van der Waals surface area (Å²) >= 11 is 0. The van der Waals surface area contributed by atoms with Crippen molar-refractivity contribution < 1.29 is 137 Å². The smallest absolute Gasteiger partial charge is 0.419 e.